The maximum absolute atomic E-state index is 4.84. The van der Waals surface area contributed by atoms with Crippen LogP contribution in [0, 0.1) is 6.92 Å². The topological polar surface area (TPSA) is 25.8 Å². The zero-order valence-corrected chi connectivity index (χ0v) is 14.3. The first kappa shape index (κ1) is 15.1. The first-order chi connectivity index (χ1) is 11.8. The van der Waals surface area contributed by atoms with Crippen LogP contribution in [0.1, 0.15) is 48.9 Å². The van der Waals surface area contributed by atoms with Crippen LogP contribution in [0.2, 0.25) is 0 Å². The molecule has 3 aromatic rings. The fourth-order valence-corrected chi connectivity index (χ4v) is 3.76. The van der Waals surface area contributed by atoms with E-state index in [1.165, 1.54) is 21.9 Å². The van der Waals surface area contributed by atoms with E-state index >= 15 is 0 Å². The molecule has 120 valence electrons. The van der Waals surface area contributed by atoms with Crippen molar-refractivity contribution in [1.82, 2.24) is 9.97 Å². The van der Waals surface area contributed by atoms with Gasteiger partial charge in [0.05, 0.1) is 16.7 Å². The van der Waals surface area contributed by atoms with E-state index in [0.717, 1.165) is 36.0 Å². The van der Waals surface area contributed by atoms with Crippen molar-refractivity contribution in [2.75, 3.05) is 0 Å². The third kappa shape index (κ3) is 2.43. The lowest BCUT2D eigenvalue weighted by Crippen LogP contribution is -2.07. The number of benzene rings is 2. The zero-order valence-electron chi connectivity index (χ0n) is 14.3. The minimum Gasteiger partial charge on any atom is -0.252 e. The highest BCUT2D eigenvalue weighted by Crippen LogP contribution is 2.41. The Bertz CT molecular complexity index is 967. The third-order valence-electron chi connectivity index (χ3n) is 4.85. The van der Waals surface area contributed by atoms with Crippen LogP contribution < -0.4 is 0 Å². The molecule has 0 bridgehead atoms. The molecule has 1 atom stereocenters. The van der Waals surface area contributed by atoms with Crippen molar-refractivity contribution in [3.8, 4) is 0 Å². The molecule has 2 aromatic carbocycles. The lowest BCUT2D eigenvalue weighted by Gasteiger charge is -2.24. The number of aromatic nitrogens is 2. The Balaban J connectivity index is 2.04. The first-order valence-corrected chi connectivity index (χ1v) is 8.79. The molecule has 0 radical (unpaired) electrons. The van der Waals surface area contributed by atoms with E-state index in [4.69, 9.17) is 9.97 Å². The molecule has 4 rings (SSSR count). The largest absolute Gasteiger partial charge is 0.252 e. The van der Waals surface area contributed by atoms with E-state index < -0.39 is 0 Å². The van der Waals surface area contributed by atoms with Gasteiger partial charge in [-0.1, -0.05) is 55.5 Å². The number of allylic oxidation sites excluding steroid dienone is 3. The monoisotopic (exact) mass is 314 g/mol. The van der Waals surface area contributed by atoms with E-state index in [1.807, 2.05) is 13.1 Å². The van der Waals surface area contributed by atoms with Gasteiger partial charge in [0.15, 0.2) is 0 Å². The maximum Gasteiger partial charge on any atom is 0.0971 e. The number of rotatable bonds is 3. The molecule has 1 aromatic heterocycles. The molecule has 0 saturated heterocycles. The summed E-state index contributed by atoms with van der Waals surface area (Å²) in [4.78, 5) is 9.64. The molecular formula is C22H22N2. The Morgan fingerprint density at radius 3 is 2.79 bits per heavy atom. The van der Waals surface area contributed by atoms with Gasteiger partial charge in [-0.05, 0) is 48.6 Å². The summed E-state index contributed by atoms with van der Waals surface area (Å²) in [7, 11) is 0. The van der Waals surface area contributed by atoms with E-state index in [-0.39, 0.29) is 0 Å². The van der Waals surface area contributed by atoms with Gasteiger partial charge in [-0.15, -0.1) is 0 Å². The summed E-state index contributed by atoms with van der Waals surface area (Å²) in [6.07, 6.45) is 14.3. The van der Waals surface area contributed by atoms with Crippen molar-refractivity contribution in [3.63, 3.8) is 0 Å². The summed E-state index contributed by atoms with van der Waals surface area (Å²) < 4.78 is 0. The van der Waals surface area contributed by atoms with Crippen LogP contribution in [-0.4, -0.2) is 9.97 Å². The number of nitrogens with zero attached hydrogens (tertiary/aromatic N) is 2. The molecule has 0 fully saturated rings. The molecule has 0 spiro atoms. The molecule has 2 heteroatoms. The van der Waals surface area contributed by atoms with Crippen molar-refractivity contribution in [3.05, 3.63) is 65.5 Å². The van der Waals surface area contributed by atoms with Gasteiger partial charge >= 0.3 is 0 Å². The van der Waals surface area contributed by atoms with Gasteiger partial charge in [0.2, 0.25) is 0 Å². The lowest BCUT2D eigenvalue weighted by atomic mass is 9.81. The minimum atomic E-state index is 0.483. The zero-order chi connectivity index (χ0) is 16.5. The summed E-state index contributed by atoms with van der Waals surface area (Å²) >= 11 is 0. The molecule has 24 heavy (non-hydrogen) atoms. The maximum atomic E-state index is 4.84. The van der Waals surface area contributed by atoms with Crippen LogP contribution in [0.15, 0.2) is 48.7 Å². The van der Waals surface area contributed by atoms with Gasteiger partial charge in [-0.25, -0.2) is 4.98 Å². The van der Waals surface area contributed by atoms with Crippen LogP contribution >= 0.6 is 0 Å². The molecule has 1 aliphatic carbocycles. The molecule has 2 nitrogen and oxygen atoms in total. The van der Waals surface area contributed by atoms with Crippen LogP contribution in [0.5, 0.6) is 0 Å². The lowest BCUT2D eigenvalue weighted by molar-refractivity contribution is 0.709. The highest BCUT2D eigenvalue weighted by atomic mass is 14.8. The second kappa shape index (κ2) is 6.20. The molecule has 0 aliphatic heterocycles. The highest BCUT2D eigenvalue weighted by Gasteiger charge is 2.23. The molecule has 1 aliphatic rings. The summed E-state index contributed by atoms with van der Waals surface area (Å²) in [5.74, 6) is 0.483. The molecular weight excluding hydrogens is 292 g/mol. The average Bonchev–Trinajstić information content (AvgIpc) is 2.62. The van der Waals surface area contributed by atoms with Crippen molar-refractivity contribution in [2.45, 2.75) is 39.0 Å². The predicted molar refractivity (Wildman–Crippen MR) is 102 cm³/mol. The van der Waals surface area contributed by atoms with Gasteiger partial charge < -0.3 is 0 Å². The molecule has 0 N–H and O–H groups in total. The van der Waals surface area contributed by atoms with Gasteiger partial charge in [0.1, 0.15) is 0 Å². The van der Waals surface area contributed by atoms with Crippen LogP contribution in [0.4, 0.5) is 0 Å². The van der Waals surface area contributed by atoms with Crippen molar-refractivity contribution in [1.29, 1.82) is 0 Å². The normalized spacial score (nSPS) is 17.0. The molecule has 0 saturated carbocycles. The average molecular weight is 314 g/mol. The van der Waals surface area contributed by atoms with Crippen molar-refractivity contribution < 1.29 is 0 Å². The van der Waals surface area contributed by atoms with Gasteiger partial charge in [0.25, 0.3) is 0 Å². The van der Waals surface area contributed by atoms with E-state index in [9.17, 15) is 0 Å². The summed E-state index contributed by atoms with van der Waals surface area (Å²) in [5, 5.41) is 2.50. The van der Waals surface area contributed by atoms with E-state index in [0.29, 0.717) is 5.92 Å². The smallest absolute Gasteiger partial charge is 0.0971 e. The van der Waals surface area contributed by atoms with Gasteiger partial charge in [-0.2, -0.15) is 0 Å². The predicted octanol–water partition coefficient (Wildman–Crippen LogP) is 5.95. The van der Waals surface area contributed by atoms with Crippen molar-refractivity contribution in [2.24, 2.45) is 0 Å². The van der Waals surface area contributed by atoms with Crippen LogP contribution in [0.25, 0.3) is 27.9 Å². The Labute approximate surface area is 142 Å². The van der Waals surface area contributed by atoms with Gasteiger partial charge in [0, 0.05) is 11.6 Å². The SMILES string of the molecule is CCC=CCC1CC=Cc2c1c1ncc(C)nc1c1ccccc21. The van der Waals surface area contributed by atoms with Crippen molar-refractivity contribution >= 4 is 27.9 Å². The Morgan fingerprint density at radius 2 is 1.96 bits per heavy atom. The third-order valence-corrected chi connectivity index (χ3v) is 4.85. The molecule has 1 unspecified atom stereocenters. The summed E-state index contributed by atoms with van der Waals surface area (Å²) in [6.45, 7) is 4.20. The molecule has 0 amide bonds. The fraction of sp³-hybridized carbons (Fsp3) is 0.273. The number of hydrogen-bond donors (Lipinski definition) is 0. The minimum absolute atomic E-state index is 0.483. The number of fused-ring (bicyclic) bond motifs is 6. The highest BCUT2D eigenvalue weighted by molar-refractivity contribution is 6.10. The summed E-state index contributed by atoms with van der Waals surface area (Å²) in [5.41, 5.74) is 5.80. The van der Waals surface area contributed by atoms with Crippen LogP contribution in [0.3, 0.4) is 0 Å². The second-order valence-electron chi connectivity index (χ2n) is 6.53. The standard InChI is InChI=1S/C22H22N2/c1-3-4-5-9-16-10-8-13-18-17-11-6-7-12-19(17)21-22(20(16)18)23-14-15(2)24-21/h4-8,11-14,16H,3,9-10H2,1-2H3. The molecule has 1 heterocycles. The van der Waals surface area contributed by atoms with Gasteiger partial charge in [-0.3, -0.25) is 4.98 Å². The Morgan fingerprint density at radius 1 is 1.12 bits per heavy atom. The fourth-order valence-electron chi connectivity index (χ4n) is 3.76. The Hall–Kier alpha value is -2.48. The number of hydrogen-bond acceptors (Lipinski definition) is 2. The van der Waals surface area contributed by atoms with E-state index in [2.05, 4.69) is 55.5 Å². The second-order valence-corrected chi connectivity index (χ2v) is 6.53. The van der Waals surface area contributed by atoms with Crippen LogP contribution in [-0.2, 0) is 0 Å². The quantitative estimate of drug-likeness (QED) is 0.441. The van der Waals surface area contributed by atoms with E-state index in [1.54, 1.807) is 0 Å². The number of aryl methyl sites for hydroxylation is 1. The summed E-state index contributed by atoms with van der Waals surface area (Å²) in [6, 6.07) is 8.59. The Kier molecular flexibility index (Phi) is 3.89. The first-order valence-electron chi connectivity index (χ1n) is 8.79.